The molecule has 4 rings (SSSR count). The Morgan fingerprint density at radius 2 is 1.59 bits per heavy atom. The first-order chi connectivity index (χ1) is 25.5. The van der Waals surface area contributed by atoms with Crippen LogP contribution in [0.15, 0.2) is 72.9 Å². The maximum Gasteiger partial charge on any atom is 0.320 e. The van der Waals surface area contributed by atoms with Crippen molar-refractivity contribution in [1.82, 2.24) is 19.7 Å². The lowest BCUT2D eigenvalue weighted by atomic mass is 9.82. The fourth-order valence-corrected chi connectivity index (χ4v) is 6.42. The first-order valence-electron chi connectivity index (χ1n) is 17.8. The standard InChI is InChI=1S/C40H47F2N5O7/c1-40(2,3)38(33-21-27(30-22-28(41)14-15-31(30)42)24-45(33)23-26-9-5-4-6-10-26)46(20-18-32(43)39(53)54)35(50)13-7-11-29(48)12-8-19-44-34(49)25-47-36(51)16-17-37(47)52/h4-6,9-10,14-17,21-22,24,32,38H,7-8,11-13,18-20,23,25,43H2,1-3H3,(H,44,49)(H,53,54)/t32-,38-/m0/s1. The number of carbonyl (C=O) groups is 6. The first-order valence-corrected chi connectivity index (χ1v) is 17.8. The zero-order valence-corrected chi connectivity index (χ0v) is 30.7. The van der Waals surface area contributed by atoms with E-state index in [0.29, 0.717) is 24.2 Å². The molecule has 4 N–H and O–H groups in total. The Bertz CT molecular complexity index is 1870. The van der Waals surface area contributed by atoms with Gasteiger partial charge in [-0.15, -0.1) is 0 Å². The number of carboxylic acids is 1. The second-order valence-electron chi connectivity index (χ2n) is 14.4. The van der Waals surface area contributed by atoms with Crippen molar-refractivity contribution in [2.45, 2.75) is 77.9 Å². The summed E-state index contributed by atoms with van der Waals surface area (Å²) in [7, 11) is 0. The van der Waals surface area contributed by atoms with Gasteiger partial charge in [0.25, 0.3) is 11.8 Å². The summed E-state index contributed by atoms with van der Waals surface area (Å²) in [5, 5.41) is 12.1. The van der Waals surface area contributed by atoms with Gasteiger partial charge in [0.2, 0.25) is 11.8 Å². The van der Waals surface area contributed by atoms with Crippen LogP contribution in [0.5, 0.6) is 0 Å². The molecule has 0 saturated heterocycles. The molecule has 2 aromatic carbocycles. The highest BCUT2D eigenvalue weighted by molar-refractivity contribution is 6.14. The summed E-state index contributed by atoms with van der Waals surface area (Å²) in [6.45, 7) is 5.85. The Labute approximate surface area is 313 Å². The molecule has 3 aromatic rings. The number of nitrogens with one attached hydrogen (secondary N) is 1. The lowest BCUT2D eigenvalue weighted by Gasteiger charge is -2.41. The molecule has 4 amide bonds. The van der Waals surface area contributed by atoms with Crippen molar-refractivity contribution in [3.05, 3.63) is 95.8 Å². The summed E-state index contributed by atoms with van der Waals surface area (Å²) in [6, 6.07) is 12.5. The molecule has 12 nitrogen and oxygen atoms in total. The molecule has 0 unspecified atom stereocenters. The van der Waals surface area contributed by atoms with Gasteiger partial charge in [0.1, 0.15) is 30.0 Å². The second kappa shape index (κ2) is 18.5. The van der Waals surface area contributed by atoms with Crippen molar-refractivity contribution in [2.24, 2.45) is 11.1 Å². The van der Waals surface area contributed by atoms with Crippen LogP contribution in [-0.4, -0.2) is 80.5 Å². The van der Waals surface area contributed by atoms with Crippen molar-refractivity contribution >= 4 is 35.4 Å². The van der Waals surface area contributed by atoms with Crippen LogP contribution in [0.25, 0.3) is 11.1 Å². The minimum Gasteiger partial charge on any atom is -0.480 e. The number of hydrogen-bond acceptors (Lipinski definition) is 7. The number of nitrogens with zero attached hydrogens (tertiary/aromatic N) is 3. The molecule has 0 saturated carbocycles. The predicted molar refractivity (Wildman–Crippen MR) is 196 cm³/mol. The number of benzene rings is 2. The molecule has 2 atom stereocenters. The average molecular weight is 748 g/mol. The Balaban J connectivity index is 1.51. The van der Waals surface area contributed by atoms with E-state index in [2.05, 4.69) is 5.32 Å². The molecule has 0 bridgehead atoms. The summed E-state index contributed by atoms with van der Waals surface area (Å²) >= 11 is 0. The van der Waals surface area contributed by atoms with Gasteiger partial charge in [0.05, 0.1) is 6.04 Å². The number of carboxylic acid groups (broad SMARTS) is 1. The highest BCUT2D eigenvalue weighted by Gasteiger charge is 2.37. The fourth-order valence-electron chi connectivity index (χ4n) is 6.42. The van der Waals surface area contributed by atoms with E-state index in [1.807, 2.05) is 55.7 Å². The maximum absolute atomic E-state index is 15.1. The zero-order valence-electron chi connectivity index (χ0n) is 30.7. The first kappa shape index (κ1) is 41.3. The molecule has 14 heteroatoms. The molecular formula is C40H47F2N5O7. The molecule has 1 aliphatic rings. The monoisotopic (exact) mass is 747 g/mol. The van der Waals surface area contributed by atoms with E-state index in [4.69, 9.17) is 5.73 Å². The number of rotatable bonds is 19. The predicted octanol–water partition coefficient (Wildman–Crippen LogP) is 4.76. The van der Waals surface area contributed by atoms with Gasteiger partial charge in [-0.05, 0) is 54.5 Å². The highest BCUT2D eigenvalue weighted by Crippen LogP contribution is 2.41. The molecule has 54 heavy (non-hydrogen) atoms. The van der Waals surface area contributed by atoms with Gasteiger partial charge in [0.15, 0.2) is 0 Å². The third-order valence-corrected chi connectivity index (χ3v) is 9.10. The SMILES string of the molecule is CC(C)(C)[C@H](c1cc(-c2cc(F)ccc2F)cn1Cc1ccccc1)N(CC[C@H](N)C(=O)O)C(=O)CCCC(=O)CCCNC(=O)CN1C(=O)C=CC1=O. The van der Waals surface area contributed by atoms with Crippen molar-refractivity contribution < 1.29 is 42.7 Å². The minimum atomic E-state index is -1.25. The largest absolute Gasteiger partial charge is 0.480 e. The maximum atomic E-state index is 15.1. The molecular weight excluding hydrogens is 700 g/mol. The number of halogens is 2. The van der Waals surface area contributed by atoms with Gasteiger partial charge in [-0.3, -0.25) is 33.7 Å². The van der Waals surface area contributed by atoms with Crippen LogP contribution in [0.1, 0.15) is 76.6 Å². The molecule has 0 aliphatic carbocycles. The third-order valence-electron chi connectivity index (χ3n) is 9.10. The third kappa shape index (κ3) is 11.3. The van der Waals surface area contributed by atoms with Crippen LogP contribution in [0, 0.1) is 17.0 Å². The average Bonchev–Trinajstić information content (AvgIpc) is 3.66. The summed E-state index contributed by atoms with van der Waals surface area (Å²) in [5.41, 5.74) is 7.24. The molecule has 1 aromatic heterocycles. The van der Waals surface area contributed by atoms with E-state index >= 15 is 4.39 Å². The Kier molecular flexibility index (Phi) is 14.1. The van der Waals surface area contributed by atoms with Crippen molar-refractivity contribution in [1.29, 1.82) is 0 Å². The van der Waals surface area contributed by atoms with E-state index in [1.165, 1.54) is 0 Å². The summed E-state index contributed by atoms with van der Waals surface area (Å²) in [4.78, 5) is 76.4. The lowest BCUT2D eigenvalue weighted by molar-refractivity contribution is -0.141. The van der Waals surface area contributed by atoms with Gasteiger partial charge in [-0.1, -0.05) is 51.1 Å². The second-order valence-corrected chi connectivity index (χ2v) is 14.4. The van der Waals surface area contributed by atoms with Gasteiger partial charge in [0, 0.05) is 74.1 Å². The summed E-state index contributed by atoms with van der Waals surface area (Å²) < 4.78 is 31.3. The number of aromatic nitrogens is 1. The summed E-state index contributed by atoms with van der Waals surface area (Å²) in [5.74, 6) is -4.58. The van der Waals surface area contributed by atoms with Crippen LogP contribution in [-0.2, 0) is 35.3 Å². The van der Waals surface area contributed by atoms with Crippen molar-refractivity contribution in [2.75, 3.05) is 19.6 Å². The Morgan fingerprint density at radius 1 is 0.926 bits per heavy atom. The van der Waals surface area contributed by atoms with Crippen molar-refractivity contribution in [3.8, 4) is 11.1 Å². The number of carbonyl (C=O) groups excluding carboxylic acids is 5. The number of Topliss-reactive ketones (excluding diaryl/α,β-unsaturated/α-hetero) is 1. The van der Waals surface area contributed by atoms with Gasteiger partial charge < -0.3 is 25.6 Å². The van der Waals surface area contributed by atoms with Crippen LogP contribution < -0.4 is 11.1 Å². The smallest absolute Gasteiger partial charge is 0.320 e. The Hall–Kier alpha value is -5.50. The molecule has 0 radical (unpaired) electrons. The number of ketones is 1. The van der Waals surface area contributed by atoms with Gasteiger partial charge in [-0.25, -0.2) is 8.78 Å². The number of imide groups is 1. The van der Waals surface area contributed by atoms with Crippen LogP contribution in [0.2, 0.25) is 0 Å². The van der Waals surface area contributed by atoms with Crippen molar-refractivity contribution in [3.63, 3.8) is 0 Å². The summed E-state index contributed by atoms with van der Waals surface area (Å²) in [6.07, 6.45) is 4.54. The normalized spacial score (nSPS) is 13.9. The van der Waals surface area contributed by atoms with Crippen LogP contribution in [0.4, 0.5) is 8.78 Å². The topological polar surface area (TPSA) is 172 Å². The molecule has 1 aliphatic heterocycles. The minimum absolute atomic E-state index is 0.0211. The van der Waals surface area contributed by atoms with Gasteiger partial charge >= 0.3 is 5.97 Å². The van der Waals surface area contributed by atoms with E-state index in [-0.39, 0.29) is 62.4 Å². The molecule has 2 heterocycles. The Morgan fingerprint density at radius 3 is 2.24 bits per heavy atom. The highest BCUT2D eigenvalue weighted by atomic mass is 19.1. The molecule has 0 spiro atoms. The van der Waals surface area contributed by atoms with E-state index in [9.17, 15) is 38.3 Å². The fraction of sp³-hybridized carbons (Fsp3) is 0.400. The van der Waals surface area contributed by atoms with Gasteiger partial charge in [-0.2, -0.15) is 0 Å². The molecule has 288 valence electrons. The van der Waals surface area contributed by atoms with Crippen LogP contribution >= 0.6 is 0 Å². The van der Waals surface area contributed by atoms with E-state index in [1.54, 1.807) is 17.2 Å². The number of aliphatic carboxylic acids is 1. The number of amides is 4. The number of hydrogen-bond donors (Lipinski definition) is 3. The van der Waals surface area contributed by atoms with E-state index < -0.39 is 59.4 Å². The molecule has 0 fully saturated rings. The van der Waals surface area contributed by atoms with Crippen LogP contribution in [0.3, 0.4) is 0 Å². The number of nitrogens with two attached hydrogens (primary N) is 1. The zero-order chi connectivity index (χ0) is 39.6. The van der Waals surface area contributed by atoms with E-state index in [0.717, 1.165) is 40.8 Å². The quantitative estimate of drug-likeness (QED) is 0.116. The lowest BCUT2D eigenvalue weighted by Crippen LogP contribution is -2.45.